The minimum absolute atomic E-state index is 0.876. The molecule has 0 spiro atoms. The van der Waals surface area contributed by atoms with Gasteiger partial charge in [-0.05, 0) is 44.4 Å². The van der Waals surface area contributed by atoms with Crippen LogP contribution in [0, 0.1) is 6.92 Å². The van der Waals surface area contributed by atoms with E-state index in [9.17, 15) is 0 Å². The molecule has 2 aromatic heterocycles. The van der Waals surface area contributed by atoms with E-state index in [1.807, 2.05) is 24.0 Å². The van der Waals surface area contributed by atoms with Gasteiger partial charge in [0.25, 0.3) is 0 Å². The minimum Gasteiger partial charge on any atom is -0.262 e. The van der Waals surface area contributed by atoms with Crippen LogP contribution in [0.15, 0.2) is 24.5 Å². The summed E-state index contributed by atoms with van der Waals surface area (Å²) in [6, 6.07) is 4.17. The van der Waals surface area contributed by atoms with Gasteiger partial charge in [0.15, 0.2) is 0 Å². The lowest BCUT2D eigenvalue weighted by Crippen LogP contribution is -1.93. The van der Waals surface area contributed by atoms with Crippen molar-refractivity contribution in [1.82, 2.24) is 20.0 Å². The monoisotopic (exact) mass is 216 g/mol. The zero-order valence-electron chi connectivity index (χ0n) is 9.72. The van der Waals surface area contributed by atoms with Crippen LogP contribution >= 0.6 is 0 Å². The highest BCUT2D eigenvalue weighted by Gasteiger charge is 2.00. The van der Waals surface area contributed by atoms with E-state index in [0.717, 1.165) is 30.8 Å². The lowest BCUT2D eigenvalue weighted by molar-refractivity contribution is 0.626. The van der Waals surface area contributed by atoms with Crippen molar-refractivity contribution in [3.05, 3.63) is 41.5 Å². The summed E-state index contributed by atoms with van der Waals surface area (Å²) in [6.45, 7) is 4.95. The largest absolute Gasteiger partial charge is 0.262 e. The predicted octanol–water partition coefficient (Wildman–Crippen LogP) is 1.79. The third kappa shape index (κ3) is 2.66. The van der Waals surface area contributed by atoms with Gasteiger partial charge in [0.05, 0.1) is 5.69 Å². The van der Waals surface area contributed by atoms with E-state index < -0.39 is 0 Å². The molecule has 0 aromatic carbocycles. The molecule has 0 atom stereocenters. The maximum absolute atomic E-state index is 4.18. The van der Waals surface area contributed by atoms with Gasteiger partial charge in [0, 0.05) is 24.6 Å². The van der Waals surface area contributed by atoms with E-state index in [1.165, 1.54) is 5.56 Å². The van der Waals surface area contributed by atoms with E-state index in [4.69, 9.17) is 0 Å². The second-order valence-electron chi connectivity index (χ2n) is 3.87. The molecule has 0 N–H and O–H groups in total. The van der Waals surface area contributed by atoms with Crippen LogP contribution in [0.1, 0.15) is 23.9 Å². The van der Waals surface area contributed by atoms with Crippen LogP contribution in [0.4, 0.5) is 0 Å². The quantitative estimate of drug-likeness (QED) is 0.782. The Morgan fingerprint density at radius 1 is 1.31 bits per heavy atom. The van der Waals surface area contributed by atoms with Crippen LogP contribution in [-0.2, 0) is 19.4 Å². The summed E-state index contributed by atoms with van der Waals surface area (Å²) in [5.41, 5.74) is 3.42. The molecule has 2 heterocycles. The fraction of sp³-hybridized carbons (Fsp3) is 0.417. The number of hydrogen-bond acceptors (Lipinski definition) is 3. The number of nitrogens with zero attached hydrogens (tertiary/aromatic N) is 4. The molecule has 4 heteroatoms. The van der Waals surface area contributed by atoms with Crippen molar-refractivity contribution < 1.29 is 0 Å². The van der Waals surface area contributed by atoms with Crippen molar-refractivity contribution in [3.8, 4) is 0 Å². The van der Waals surface area contributed by atoms with Crippen LogP contribution in [0.3, 0.4) is 0 Å². The molecular formula is C12H16N4. The van der Waals surface area contributed by atoms with Gasteiger partial charge in [0.2, 0.25) is 0 Å². The summed E-state index contributed by atoms with van der Waals surface area (Å²) in [7, 11) is 0. The summed E-state index contributed by atoms with van der Waals surface area (Å²) in [4.78, 5) is 4.18. The molecule has 2 rings (SSSR count). The molecule has 16 heavy (non-hydrogen) atoms. The van der Waals surface area contributed by atoms with Gasteiger partial charge < -0.3 is 0 Å². The summed E-state index contributed by atoms with van der Waals surface area (Å²) >= 11 is 0. The molecule has 0 bridgehead atoms. The number of aryl methyl sites for hydroxylation is 4. The summed E-state index contributed by atoms with van der Waals surface area (Å²) < 4.78 is 1.85. The highest BCUT2D eigenvalue weighted by molar-refractivity contribution is 5.16. The van der Waals surface area contributed by atoms with Crippen molar-refractivity contribution in [1.29, 1.82) is 0 Å². The van der Waals surface area contributed by atoms with Gasteiger partial charge in [0.1, 0.15) is 0 Å². The van der Waals surface area contributed by atoms with Crippen LogP contribution in [0.5, 0.6) is 0 Å². The average molecular weight is 216 g/mol. The molecule has 2 aromatic rings. The van der Waals surface area contributed by atoms with Crippen LogP contribution in [-0.4, -0.2) is 20.0 Å². The fourth-order valence-corrected chi connectivity index (χ4v) is 1.64. The lowest BCUT2D eigenvalue weighted by Gasteiger charge is -1.99. The van der Waals surface area contributed by atoms with Crippen LogP contribution < -0.4 is 0 Å². The molecule has 0 fully saturated rings. The van der Waals surface area contributed by atoms with Crippen molar-refractivity contribution in [2.45, 2.75) is 33.2 Å². The van der Waals surface area contributed by atoms with E-state index in [1.54, 1.807) is 0 Å². The molecule has 0 radical (unpaired) electrons. The van der Waals surface area contributed by atoms with Gasteiger partial charge in [-0.2, -0.15) is 0 Å². The van der Waals surface area contributed by atoms with E-state index in [-0.39, 0.29) is 0 Å². The first-order chi connectivity index (χ1) is 7.78. The predicted molar refractivity (Wildman–Crippen MR) is 62.1 cm³/mol. The minimum atomic E-state index is 0.876. The van der Waals surface area contributed by atoms with Crippen LogP contribution in [0.25, 0.3) is 0 Å². The number of rotatable bonds is 4. The van der Waals surface area contributed by atoms with Gasteiger partial charge in [-0.25, -0.2) is 0 Å². The molecule has 0 aliphatic rings. The van der Waals surface area contributed by atoms with Gasteiger partial charge in [-0.3, -0.25) is 9.67 Å². The molecule has 0 saturated heterocycles. The molecule has 84 valence electrons. The first-order valence-corrected chi connectivity index (χ1v) is 5.58. The number of pyridine rings is 1. The zero-order valence-corrected chi connectivity index (χ0v) is 9.72. The Morgan fingerprint density at radius 2 is 2.19 bits per heavy atom. The standard InChI is InChI=1S/C12H16N4/c1-3-16-9-12(14-15-16)5-4-11-6-7-13-10(2)8-11/h6-9H,3-5H2,1-2H3. The number of hydrogen-bond donors (Lipinski definition) is 0. The smallest absolute Gasteiger partial charge is 0.0830 e. The summed E-state index contributed by atoms with van der Waals surface area (Å²) in [5, 5.41) is 8.14. The Kier molecular flexibility index (Phi) is 3.29. The first kappa shape index (κ1) is 10.8. The van der Waals surface area contributed by atoms with Crippen molar-refractivity contribution in [3.63, 3.8) is 0 Å². The topological polar surface area (TPSA) is 43.6 Å². The van der Waals surface area contributed by atoms with Crippen LogP contribution in [0.2, 0.25) is 0 Å². The summed E-state index contributed by atoms with van der Waals surface area (Å²) in [5.74, 6) is 0. The van der Waals surface area contributed by atoms with Gasteiger partial charge in [-0.1, -0.05) is 5.21 Å². The highest BCUT2D eigenvalue weighted by Crippen LogP contribution is 2.05. The Bertz CT molecular complexity index is 462. The zero-order chi connectivity index (χ0) is 11.4. The normalized spacial score (nSPS) is 10.6. The molecule has 0 aliphatic heterocycles. The Hall–Kier alpha value is -1.71. The molecular weight excluding hydrogens is 200 g/mol. The SMILES string of the molecule is CCn1cc(CCc2ccnc(C)c2)nn1. The molecule has 0 saturated carbocycles. The molecule has 4 nitrogen and oxygen atoms in total. The maximum atomic E-state index is 4.18. The van der Waals surface area contributed by atoms with E-state index in [2.05, 4.69) is 34.4 Å². The van der Waals surface area contributed by atoms with Crippen molar-refractivity contribution in [2.75, 3.05) is 0 Å². The Labute approximate surface area is 95.3 Å². The lowest BCUT2D eigenvalue weighted by atomic mass is 10.1. The maximum Gasteiger partial charge on any atom is 0.0830 e. The highest BCUT2D eigenvalue weighted by atomic mass is 15.4. The molecule has 0 amide bonds. The average Bonchev–Trinajstić information content (AvgIpc) is 2.74. The molecule has 0 aliphatic carbocycles. The van der Waals surface area contributed by atoms with E-state index >= 15 is 0 Å². The number of aromatic nitrogens is 4. The van der Waals surface area contributed by atoms with Crippen molar-refractivity contribution in [2.24, 2.45) is 0 Å². The second-order valence-corrected chi connectivity index (χ2v) is 3.87. The van der Waals surface area contributed by atoms with Gasteiger partial charge in [-0.15, -0.1) is 5.10 Å². The fourth-order valence-electron chi connectivity index (χ4n) is 1.64. The second kappa shape index (κ2) is 4.88. The summed E-state index contributed by atoms with van der Waals surface area (Å²) in [6.07, 6.45) is 5.79. The third-order valence-electron chi connectivity index (χ3n) is 2.54. The Morgan fingerprint density at radius 3 is 2.88 bits per heavy atom. The molecule has 0 unspecified atom stereocenters. The van der Waals surface area contributed by atoms with E-state index in [0.29, 0.717) is 0 Å². The Balaban J connectivity index is 1.96. The van der Waals surface area contributed by atoms with Gasteiger partial charge >= 0.3 is 0 Å². The van der Waals surface area contributed by atoms with Crippen molar-refractivity contribution >= 4 is 0 Å². The first-order valence-electron chi connectivity index (χ1n) is 5.58. The third-order valence-corrected chi connectivity index (χ3v) is 2.54.